The number of fused-ring (bicyclic) bond motifs is 6. The van der Waals surface area contributed by atoms with E-state index in [9.17, 15) is 0 Å². The van der Waals surface area contributed by atoms with Gasteiger partial charge in [-0.2, -0.15) is 0 Å². The lowest BCUT2D eigenvalue weighted by Gasteiger charge is -2.28. The first-order valence-electron chi connectivity index (χ1n) is 18.9. The maximum atomic E-state index is 2.44. The van der Waals surface area contributed by atoms with Gasteiger partial charge in [0.15, 0.2) is 0 Å². The number of benzene rings is 9. The lowest BCUT2D eigenvalue weighted by Crippen LogP contribution is -2.11. The van der Waals surface area contributed by atoms with E-state index in [1.165, 1.54) is 105 Å². The van der Waals surface area contributed by atoms with E-state index < -0.39 is 0 Å². The van der Waals surface area contributed by atoms with Gasteiger partial charge in [0.05, 0.1) is 0 Å². The Morgan fingerprint density at radius 2 is 0.796 bits per heavy atom. The number of rotatable bonds is 6. The second-order valence-electron chi connectivity index (χ2n) is 15.0. The van der Waals surface area contributed by atoms with Crippen molar-refractivity contribution in [1.82, 2.24) is 0 Å². The standard InChI is InChI=1S/C53H43N/c1-34-20-22-40(23-21-34)48-33-49(39-14-8-6-9-15-39)52-46-19-13-12-18-45(46)50-32-42(24-25-47(50)53(52)51(48)41-16-10-7-11-17-41)54(43-28-35(2)26-36(3)29-43)44-30-37(4)27-38(5)31-44/h6-33H,1-5H3. The molecule has 0 fully saturated rings. The van der Waals surface area contributed by atoms with Crippen molar-refractivity contribution in [3.63, 3.8) is 0 Å². The summed E-state index contributed by atoms with van der Waals surface area (Å²) < 4.78 is 0. The minimum atomic E-state index is 1.14. The van der Waals surface area contributed by atoms with Crippen molar-refractivity contribution in [2.75, 3.05) is 4.90 Å². The molecule has 0 atom stereocenters. The Morgan fingerprint density at radius 1 is 0.296 bits per heavy atom. The molecule has 0 saturated heterocycles. The lowest BCUT2D eigenvalue weighted by molar-refractivity contribution is 1.24. The number of aryl methyl sites for hydroxylation is 5. The molecular formula is C53H43N. The third-order valence-corrected chi connectivity index (χ3v) is 10.8. The van der Waals surface area contributed by atoms with Crippen LogP contribution in [0.4, 0.5) is 17.1 Å². The maximum Gasteiger partial charge on any atom is 0.0468 e. The van der Waals surface area contributed by atoms with Crippen LogP contribution in [0.3, 0.4) is 0 Å². The van der Waals surface area contributed by atoms with E-state index in [-0.39, 0.29) is 0 Å². The van der Waals surface area contributed by atoms with E-state index in [4.69, 9.17) is 0 Å². The molecule has 0 unspecified atom stereocenters. The van der Waals surface area contributed by atoms with Gasteiger partial charge in [0.2, 0.25) is 0 Å². The van der Waals surface area contributed by atoms with Crippen molar-refractivity contribution in [3.05, 3.63) is 198 Å². The van der Waals surface area contributed by atoms with Crippen molar-refractivity contribution in [3.8, 4) is 33.4 Å². The Morgan fingerprint density at radius 3 is 1.39 bits per heavy atom. The van der Waals surface area contributed by atoms with Crippen molar-refractivity contribution < 1.29 is 0 Å². The second-order valence-corrected chi connectivity index (χ2v) is 15.0. The van der Waals surface area contributed by atoms with Gasteiger partial charge in [0.25, 0.3) is 0 Å². The molecule has 54 heavy (non-hydrogen) atoms. The third-order valence-electron chi connectivity index (χ3n) is 10.8. The van der Waals surface area contributed by atoms with Crippen LogP contribution in [0.25, 0.3) is 65.7 Å². The first-order chi connectivity index (χ1) is 26.3. The predicted molar refractivity (Wildman–Crippen MR) is 234 cm³/mol. The fourth-order valence-corrected chi connectivity index (χ4v) is 8.60. The molecule has 0 bridgehead atoms. The summed E-state index contributed by atoms with van der Waals surface area (Å²) in [6.45, 7) is 10.9. The van der Waals surface area contributed by atoms with Crippen molar-refractivity contribution in [1.29, 1.82) is 0 Å². The fraction of sp³-hybridized carbons (Fsp3) is 0.0943. The number of anilines is 3. The summed E-state index contributed by atoms with van der Waals surface area (Å²) in [5, 5.41) is 7.56. The first-order valence-corrected chi connectivity index (χ1v) is 18.9. The summed E-state index contributed by atoms with van der Waals surface area (Å²) in [4.78, 5) is 2.44. The molecule has 0 aliphatic rings. The van der Waals surface area contributed by atoms with E-state index in [0.29, 0.717) is 0 Å². The molecule has 0 aliphatic carbocycles. The van der Waals surface area contributed by atoms with Crippen LogP contribution in [-0.2, 0) is 0 Å². The smallest absolute Gasteiger partial charge is 0.0468 e. The molecule has 0 heterocycles. The SMILES string of the molecule is Cc1ccc(-c2cc(-c3ccccc3)c3c4ccccc4c4cc(N(c5cc(C)cc(C)c5)c5cc(C)cc(C)c5)ccc4c3c2-c2ccccc2)cc1. The van der Waals surface area contributed by atoms with Crippen molar-refractivity contribution >= 4 is 49.4 Å². The van der Waals surface area contributed by atoms with E-state index in [1.54, 1.807) is 0 Å². The van der Waals surface area contributed by atoms with Crippen LogP contribution in [0.15, 0.2) is 170 Å². The van der Waals surface area contributed by atoms with Crippen LogP contribution in [0.1, 0.15) is 27.8 Å². The molecule has 1 heteroatoms. The molecule has 0 saturated carbocycles. The van der Waals surface area contributed by atoms with Gasteiger partial charge in [-0.05, 0) is 165 Å². The molecule has 9 aromatic rings. The number of hydrogen-bond donors (Lipinski definition) is 0. The lowest BCUT2D eigenvalue weighted by atomic mass is 9.81. The molecule has 0 spiro atoms. The maximum absolute atomic E-state index is 2.44. The van der Waals surface area contributed by atoms with Crippen molar-refractivity contribution in [2.45, 2.75) is 34.6 Å². The minimum absolute atomic E-state index is 1.14. The van der Waals surface area contributed by atoms with Crippen LogP contribution >= 0.6 is 0 Å². The van der Waals surface area contributed by atoms with Crippen LogP contribution in [0.5, 0.6) is 0 Å². The normalized spacial score (nSPS) is 11.4. The highest BCUT2D eigenvalue weighted by atomic mass is 15.1. The summed E-state index contributed by atoms with van der Waals surface area (Å²) >= 11 is 0. The van der Waals surface area contributed by atoms with Crippen LogP contribution < -0.4 is 4.90 Å². The summed E-state index contributed by atoms with van der Waals surface area (Å²) in [6.07, 6.45) is 0. The highest BCUT2D eigenvalue weighted by Crippen LogP contribution is 2.50. The third kappa shape index (κ3) is 5.93. The van der Waals surface area contributed by atoms with Gasteiger partial charge in [-0.1, -0.05) is 133 Å². The molecule has 9 rings (SSSR count). The van der Waals surface area contributed by atoms with Crippen molar-refractivity contribution in [2.24, 2.45) is 0 Å². The molecule has 1 nitrogen and oxygen atoms in total. The van der Waals surface area contributed by atoms with E-state index in [2.05, 4.69) is 209 Å². The first kappa shape index (κ1) is 33.4. The Bertz CT molecular complexity index is 2760. The second kappa shape index (κ2) is 13.5. The Balaban J connectivity index is 1.46. The van der Waals surface area contributed by atoms with Gasteiger partial charge in [-0.15, -0.1) is 0 Å². The molecule has 9 aromatic carbocycles. The van der Waals surface area contributed by atoms with Gasteiger partial charge in [-0.25, -0.2) is 0 Å². The minimum Gasteiger partial charge on any atom is -0.310 e. The molecule has 0 aliphatic heterocycles. The van der Waals surface area contributed by atoms with Crippen LogP contribution in [0.2, 0.25) is 0 Å². The van der Waals surface area contributed by atoms with E-state index in [0.717, 1.165) is 5.69 Å². The van der Waals surface area contributed by atoms with Crippen LogP contribution in [0, 0.1) is 34.6 Å². The molecule has 0 radical (unpaired) electrons. The average Bonchev–Trinajstić information content (AvgIpc) is 3.17. The zero-order valence-corrected chi connectivity index (χ0v) is 31.6. The summed E-state index contributed by atoms with van der Waals surface area (Å²) in [5.41, 5.74) is 17.1. The number of nitrogens with zero attached hydrogens (tertiary/aromatic N) is 1. The van der Waals surface area contributed by atoms with Gasteiger partial charge in [-0.3, -0.25) is 0 Å². The van der Waals surface area contributed by atoms with Gasteiger partial charge in [0, 0.05) is 17.1 Å². The zero-order chi connectivity index (χ0) is 36.9. The van der Waals surface area contributed by atoms with Gasteiger partial charge < -0.3 is 4.90 Å². The monoisotopic (exact) mass is 693 g/mol. The van der Waals surface area contributed by atoms with E-state index in [1.807, 2.05) is 0 Å². The quantitative estimate of drug-likeness (QED) is 0.157. The summed E-state index contributed by atoms with van der Waals surface area (Å²) in [5.74, 6) is 0. The largest absolute Gasteiger partial charge is 0.310 e. The van der Waals surface area contributed by atoms with Crippen LogP contribution in [-0.4, -0.2) is 0 Å². The summed E-state index contributed by atoms with van der Waals surface area (Å²) in [6, 6.07) is 63.3. The highest BCUT2D eigenvalue weighted by Gasteiger charge is 2.23. The topological polar surface area (TPSA) is 3.24 Å². The zero-order valence-electron chi connectivity index (χ0n) is 31.6. The van der Waals surface area contributed by atoms with Gasteiger partial charge in [0.1, 0.15) is 0 Å². The predicted octanol–water partition coefficient (Wildman–Crippen LogP) is 15.2. The Labute approximate surface area is 318 Å². The highest BCUT2D eigenvalue weighted by molar-refractivity contribution is 6.33. The molecule has 0 N–H and O–H groups in total. The Kier molecular flexibility index (Phi) is 8.36. The molecule has 0 aromatic heterocycles. The fourth-order valence-electron chi connectivity index (χ4n) is 8.60. The molecular weight excluding hydrogens is 651 g/mol. The Hall–Kier alpha value is -6.44. The molecule has 0 amide bonds. The summed E-state index contributed by atoms with van der Waals surface area (Å²) in [7, 11) is 0. The average molecular weight is 694 g/mol. The number of hydrogen-bond acceptors (Lipinski definition) is 1. The molecule has 260 valence electrons. The van der Waals surface area contributed by atoms with Gasteiger partial charge >= 0.3 is 0 Å². The van der Waals surface area contributed by atoms with E-state index >= 15 is 0 Å².